The number of carboxylic acids is 1. The van der Waals surface area contributed by atoms with Gasteiger partial charge in [-0.15, -0.1) is 0 Å². The van der Waals surface area contributed by atoms with Gasteiger partial charge in [0.05, 0.1) is 16.8 Å². The molecule has 1 aliphatic rings. The first-order valence-corrected chi connectivity index (χ1v) is 7.94. The summed E-state index contributed by atoms with van der Waals surface area (Å²) < 4.78 is 2.15. The molecule has 1 N–H and O–H groups in total. The smallest absolute Gasteiger partial charge is 0.313 e. The number of aliphatic carboxylic acids is 1. The second kappa shape index (κ2) is 5.30. The van der Waals surface area contributed by atoms with Crippen molar-refractivity contribution in [3.63, 3.8) is 0 Å². The topological polar surface area (TPSA) is 55.1 Å². The fourth-order valence-electron chi connectivity index (χ4n) is 2.46. The van der Waals surface area contributed by atoms with Crippen molar-refractivity contribution in [1.82, 2.24) is 9.55 Å². The van der Waals surface area contributed by atoms with Gasteiger partial charge in [0, 0.05) is 11.1 Å². The summed E-state index contributed by atoms with van der Waals surface area (Å²) in [7, 11) is 0. The fourth-order valence-corrected chi connectivity index (χ4v) is 3.44. The van der Waals surface area contributed by atoms with E-state index in [2.05, 4.69) is 16.5 Å². The molecule has 1 saturated carbocycles. The maximum Gasteiger partial charge on any atom is 0.313 e. The molecule has 0 radical (unpaired) electrons. The molecule has 0 saturated heterocycles. The molecule has 6 heteroatoms. The van der Waals surface area contributed by atoms with Gasteiger partial charge in [-0.25, -0.2) is 4.98 Å². The van der Waals surface area contributed by atoms with Crippen LogP contribution in [0.5, 0.6) is 0 Å². The molecule has 1 aromatic heterocycles. The zero-order chi connectivity index (χ0) is 14.3. The third kappa shape index (κ3) is 2.65. The summed E-state index contributed by atoms with van der Waals surface area (Å²) >= 11 is 7.35. The Bertz CT molecular complexity index is 666. The van der Waals surface area contributed by atoms with Crippen molar-refractivity contribution in [1.29, 1.82) is 0 Å². The number of carboxylic acid groups (broad SMARTS) is 1. The van der Waals surface area contributed by atoms with Crippen LogP contribution in [0.3, 0.4) is 0 Å². The van der Waals surface area contributed by atoms with Gasteiger partial charge in [0.1, 0.15) is 0 Å². The van der Waals surface area contributed by atoms with Gasteiger partial charge in [-0.05, 0) is 43.9 Å². The fraction of sp³-hybridized carbons (Fsp3) is 0.429. The van der Waals surface area contributed by atoms with Crippen molar-refractivity contribution in [3.8, 4) is 0 Å². The molecule has 0 amide bonds. The maximum atomic E-state index is 10.8. The number of hydrogen-bond acceptors (Lipinski definition) is 3. The lowest BCUT2D eigenvalue weighted by molar-refractivity contribution is -0.133. The minimum Gasteiger partial charge on any atom is -0.481 e. The summed E-state index contributed by atoms with van der Waals surface area (Å²) in [5, 5.41) is 10.3. The molecule has 1 atom stereocenters. The van der Waals surface area contributed by atoms with Gasteiger partial charge in [-0.1, -0.05) is 23.4 Å². The van der Waals surface area contributed by atoms with Crippen molar-refractivity contribution in [2.45, 2.75) is 31.0 Å². The molecule has 1 heterocycles. The van der Waals surface area contributed by atoms with E-state index in [9.17, 15) is 4.79 Å². The summed E-state index contributed by atoms with van der Waals surface area (Å²) in [5.74, 6) is -0.143. The van der Waals surface area contributed by atoms with E-state index in [4.69, 9.17) is 16.7 Å². The van der Waals surface area contributed by atoms with Gasteiger partial charge in [-0.2, -0.15) is 0 Å². The van der Waals surface area contributed by atoms with E-state index in [1.807, 2.05) is 18.2 Å². The van der Waals surface area contributed by atoms with E-state index in [-0.39, 0.29) is 5.75 Å². The molecular weight excluding hydrogens is 296 g/mol. The van der Waals surface area contributed by atoms with Crippen LogP contribution in [0, 0.1) is 5.92 Å². The van der Waals surface area contributed by atoms with E-state index < -0.39 is 5.97 Å². The highest BCUT2D eigenvalue weighted by Gasteiger charge is 2.31. The van der Waals surface area contributed by atoms with E-state index in [0.717, 1.165) is 16.2 Å². The Balaban J connectivity index is 2.06. The quantitative estimate of drug-likeness (QED) is 0.853. The van der Waals surface area contributed by atoms with E-state index in [1.54, 1.807) is 0 Å². The molecular formula is C14H15ClN2O2S. The number of benzene rings is 1. The first-order valence-electron chi connectivity index (χ1n) is 6.58. The number of thioether (sulfide) groups is 1. The van der Waals surface area contributed by atoms with E-state index in [1.165, 1.54) is 24.6 Å². The molecule has 0 spiro atoms. The lowest BCUT2D eigenvalue weighted by Crippen LogP contribution is -2.09. The second-order valence-corrected chi connectivity index (χ2v) is 6.54. The predicted octanol–water partition coefficient (Wildman–Crippen LogP) is 3.84. The summed E-state index contributed by atoms with van der Waals surface area (Å²) in [4.78, 5) is 15.4. The monoisotopic (exact) mass is 310 g/mol. The Morgan fingerprint density at radius 3 is 3.00 bits per heavy atom. The molecule has 2 aromatic rings. The van der Waals surface area contributed by atoms with Crippen LogP contribution in [0.25, 0.3) is 11.0 Å². The van der Waals surface area contributed by atoms with Crippen molar-refractivity contribution in [3.05, 3.63) is 23.2 Å². The zero-order valence-electron chi connectivity index (χ0n) is 11.0. The molecule has 4 nitrogen and oxygen atoms in total. The van der Waals surface area contributed by atoms with Crippen LogP contribution in [-0.4, -0.2) is 26.4 Å². The largest absolute Gasteiger partial charge is 0.481 e. The average Bonchev–Trinajstić information content (AvgIpc) is 3.17. The Hall–Kier alpha value is -1.20. The molecule has 3 rings (SSSR count). The summed E-state index contributed by atoms with van der Waals surface area (Å²) in [5.41, 5.74) is 1.86. The molecule has 0 aliphatic heterocycles. The Morgan fingerprint density at radius 1 is 1.60 bits per heavy atom. The third-order valence-electron chi connectivity index (χ3n) is 3.66. The highest BCUT2D eigenvalue weighted by atomic mass is 35.5. The number of hydrogen-bond donors (Lipinski definition) is 1. The first kappa shape index (κ1) is 13.8. The molecule has 106 valence electrons. The van der Waals surface area contributed by atoms with Crippen molar-refractivity contribution >= 4 is 40.4 Å². The number of carbonyl (C=O) groups is 1. The summed E-state index contributed by atoms with van der Waals surface area (Å²) in [6, 6.07) is 5.94. The summed E-state index contributed by atoms with van der Waals surface area (Å²) in [6.07, 6.45) is 2.45. The van der Waals surface area contributed by atoms with Crippen LogP contribution in [0.15, 0.2) is 23.4 Å². The van der Waals surface area contributed by atoms with Crippen LogP contribution in [0.4, 0.5) is 0 Å². The number of fused-ring (bicyclic) bond motifs is 1. The van der Waals surface area contributed by atoms with Gasteiger partial charge >= 0.3 is 5.97 Å². The number of aromatic nitrogens is 2. The highest BCUT2D eigenvalue weighted by Crippen LogP contribution is 2.42. The minimum atomic E-state index is -0.828. The summed E-state index contributed by atoms with van der Waals surface area (Å²) in [6.45, 7) is 2.17. The van der Waals surface area contributed by atoms with E-state index >= 15 is 0 Å². The lowest BCUT2D eigenvalue weighted by atomic mass is 10.2. The van der Waals surface area contributed by atoms with Crippen molar-refractivity contribution < 1.29 is 9.90 Å². The van der Waals surface area contributed by atoms with Crippen LogP contribution in [-0.2, 0) is 4.79 Å². The Kier molecular flexibility index (Phi) is 3.65. The van der Waals surface area contributed by atoms with E-state index in [0.29, 0.717) is 17.0 Å². The molecule has 1 aromatic carbocycles. The van der Waals surface area contributed by atoms with Crippen LogP contribution in [0.1, 0.15) is 25.8 Å². The normalized spacial score (nSPS) is 16.5. The highest BCUT2D eigenvalue weighted by molar-refractivity contribution is 7.99. The second-order valence-electron chi connectivity index (χ2n) is 5.16. The Morgan fingerprint density at radius 2 is 2.35 bits per heavy atom. The van der Waals surface area contributed by atoms with Gasteiger partial charge in [0.25, 0.3) is 0 Å². The molecule has 0 bridgehead atoms. The standard InChI is InChI=1S/C14H15ClN2O2S/c1-8(9-2-3-9)17-12-6-10(15)4-5-11(12)16-14(17)20-7-13(18)19/h4-6,8-9H,2-3,7H2,1H3,(H,18,19). The Labute approximate surface area is 126 Å². The average molecular weight is 311 g/mol. The van der Waals surface area contributed by atoms with Crippen LogP contribution in [0.2, 0.25) is 5.02 Å². The molecule has 20 heavy (non-hydrogen) atoms. The van der Waals surface area contributed by atoms with Gasteiger partial charge in [-0.3, -0.25) is 4.79 Å². The van der Waals surface area contributed by atoms with Gasteiger partial charge < -0.3 is 9.67 Å². The number of halogens is 1. The SMILES string of the molecule is CC(C1CC1)n1c(SCC(=O)O)nc2ccc(Cl)cc21. The van der Waals surface area contributed by atoms with Crippen LogP contribution < -0.4 is 0 Å². The van der Waals surface area contributed by atoms with Gasteiger partial charge in [0.2, 0.25) is 0 Å². The number of nitrogens with zero attached hydrogens (tertiary/aromatic N) is 2. The molecule has 1 fully saturated rings. The first-order chi connectivity index (χ1) is 9.56. The number of rotatable bonds is 5. The number of imidazole rings is 1. The van der Waals surface area contributed by atoms with Crippen LogP contribution >= 0.6 is 23.4 Å². The van der Waals surface area contributed by atoms with Crippen molar-refractivity contribution in [2.24, 2.45) is 5.92 Å². The zero-order valence-corrected chi connectivity index (χ0v) is 12.6. The third-order valence-corrected chi connectivity index (χ3v) is 4.83. The predicted molar refractivity (Wildman–Crippen MR) is 80.5 cm³/mol. The maximum absolute atomic E-state index is 10.8. The molecule has 1 unspecified atom stereocenters. The van der Waals surface area contributed by atoms with Gasteiger partial charge in [0.15, 0.2) is 5.16 Å². The van der Waals surface area contributed by atoms with Crippen molar-refractivity contribution in [2.75, 3.05) is 5.75 Å². The molecule has 1 aliphatic carbocycles. The lowest BCUT2D eigenvalue weighted by Gasteiger charge is -2.16. The minimum absolute atomic E-state index is 0.0223.